The van der Waals surface area contributed by atoms with E-state index in [1.54, 1.807) is 0 Å². The maximum absolute atomic E-state index is 11.8. The Morgan fingerprint density at radius 1 is 1.05 bits per heavy atom. The van der Waals surface area contributed by atoms with E-state index in [2.05, 4.69) is 33.1 Å². The number of carbonyl (C=O) groups excluding carboxylic acids is 1. The molecule has 5 heteroatoms. The van der Waals surface area contributed by atoms with E-state index in [9.17, 15) is 4.79 Å². The van der Waals surface area contributed by atoms with E-state index in [-0.39, 0.29) is 11.3 Å². The number of amides is 1. The zero-order valence-electron chi connectivity index (χ0n) is 14.1. The van der Waals surface area contributed by atoms with Crippen LogP contribution in [0, 0.1) is 5.41 Å². The Hall–Kier alpha value is -2.04. The molecule has 5 nitrogen and oxygen atoms in total. The lowest BCUT2D eigenvalue weighted by Gasteiger charge is -2.18. The molecule has 3 N–H and O–H groups in total. The van der Waals surface area contributed by atoms with Gasteiger partial charge in [0.05, 0.1) is 6.54 Å². The molecular weight excluding hydrogens is 276 g/mol. The molecule has 0 aromatic heterocycles. The van der Waals surface area contributed by atoms with Gasteiger partial charge in [0, 0.05) is 25.0 Å². The topological polar surface area (TPSA) is 65.5 Å². The second kappa shape index (κ2) is 9.07. The van der Waals surface area contributed by atoms with Crippen LogP contribution in [0.1, 0.15) is 33.3 Å². The zero-order chi connectivity index (χ0) is 16.4. The molecular formula is C17H28N4O. The highest BCUT2D eigenvalue weighted by Gasteiger charge is 2.20. The number of hydrogen-bond acceptors (Lipinski definition) is 2. The number of carbonyl (C=O) groups is 1. The molecule has 0 spiro atoms. The summed E-state index contributed by atoms with van der Waals surface area (Å²) in [5.41, 5.74) is 0.812. The molecule has 0 fully saturated rings. The highest BCUT2D eigenvalue weighted by atomic mass is 16.2. The van der Waals surface area contributed by atoms with Gasteiger partial charge < -0.3 is 16.0 Å². The van der Waals surface area contributed by atoms with Crippen LogP contribution in [-0.4, -0.2) is 31.5 Å². The molecule has 0 saturated heterocycles. The Kier molecular flexibility index (Phi) is 7.43. The third-order valence-corrected chi connectivity index (χ3v) is 2.99. The fourth-order valence-electron chi connectivity index (χ4n) is 1.72. The first-order valence-electron chi connectivity index (χ1n) is 7.78. The van der Waals surface area contributed by atoms with Crippen LogP contribution in [0.5, 0.6) is 0 Å². The molecule has 122 valence electrons. The van der Waals surface area contributed by atoms with Gasteiger partial charge in [-0.1, -0.05) is 51.1 Å². The average Bonchev–Trinajstić information content (AvgIpc) is 2.48. The Labute approximate surface area is 133 Å². The van der Waals surface area contributed by atoms with Crippen LogP contribution in [0.2, 0.25) is 0 Å². The number of rotatable bonds is 6. The van der Waals surface area contributed by atoms with Gasteiger partial charge in [0.2, 0.25) is 5.91 Å². The van der Waals surface area contributed by atoms with E-state index in [0.29, 0.717) is 19.6 Å². The molecule has 0 unspecified atom stereocenters. The van der Waals surface area contributed by atoms with Gasteiger partial charge in [-0.15, -0.1) is 0 Å². The molecule has 0 aliphatic carbocycles. The van der Waals surface area contributed by atoms with Gasteiger partial charge in [-0.05, 0) is 12.5 Å². The van der Waals surface area contributed by atoms with E-state index < -0.39 is 0 Å². The van der Waals surface area contributed by atoms with E-state index in [0.717, 1.165) is 12.5 Å². The van der Waals surface area contributed by atoms with E-state index in [1.807, 2.05) is 45.9 Å². The lowest BCUT2D eigenvalue weighted by molar-refractivity contribution is -0.128. The molecule has 1 aromatic rings. The number of hydrogen-bond donors (Lipinski definition) is 3. The first-order valence-corrected chi connectivity index (χ1v) is 7.78. The second-order valence-electron chi connectivity index (χ2n) is 6.11. The fraction of sp³-hybridized carbons (Fsp3) is 0.529. The molecule has 0 radical (unpaired) electrons. The summed E-state index contributed by atoms with van der Waals surface area (Å²) in [5.74, 6) is 0.817. The molecule has 1 aromatic carbocycles. The summed E-state index contributed by atoms with van der Waals surface area (Å²) in [5, 5.41) is 9.33. The third-order valence-electron chi connectivity index (χ3n) is 2.99. The van der Waals surface area contributed by atoms with Gasteiger partial charge in [0.25, 0.3) is 0 Å². The van der Waals surface area contributed by atoms with Crippen molar-refractivity contribution in [2.75, 3.05) is 19.6 Å². The molecule has 1 amide bonds. The van der Waals surface area contributed by atoms with E-state index >= 15 is 0 Å². The maximum Gasteiger partial charge on any atom is 0.225 e. The predicted octanol–water partition coefficient (Wildman–Crippen LogP) is 1.90. The van der Waals surface area contributed by atoms with Crippen molar-refractivity contribution in [1.29, 1.82) is 0 Å². The van der Waals surface area contributed by atoms with Gasteiger partial charge in [-0.3, -0.25) is 4.79 Å². The third kappa shape index (κ3) is 7.11. The number of nitrogens with zero attached hydrogens (tertiary/aromatic N) is 1. The summed E-state index contributed by atoms with van der Waals surface area (Å²) < 4.78 is 0. The normalized spacial score (nSPS) is 11.9. The van der Waals surface area contributed by atoms with Crippen LogP contribution >= 0.6 is 0 Å². The van der Waals surface area contributed by atoms with Crippen molar-refractivity contribution >= 4 is 11.9 Å². The number of guanidine groups is 1. The molecule has 0 atom stereocenters. The van der Waals surface area contributed by atoms with Crippen molar-refractivity contribution in [3.63, 3.8) is 0 Å². The molecule has 0 aliphatic heterocycles. The lowest BCUT2D eigenvalue weighted by atomic mass is 9.96. The largest absolute Gasteiger partial charge is 0.357 e. The Balaban J connectivity index is 2.39. The number of benzene rings is 1. The van der Waals surface area contributed by atoms with Crippen LogP contribution in [0.4, 0.5) is 0 Å². The molecule has 22 heavy (non-hydrogen) atoms. The van der Waals surface area contributed by atoms with Crippen LogP contribution < -0.4 is 16.0 Å². The SMILES string of the molecule is CCNC(=NCc1ccccc1)NCCNC(=O)C(C)(C)C. The van der Waals surface area contributed by atoms with Crippen molar-refractivity contribution in [3.8, 4) is 0 Å². The van der Waals surface area contributed by atoms with Crippen LogP contribution in [0.25, 0.3) is 0 Å². The summed E-state index contributed by atoms with van der Waals surface area (Å²) in [7, 11) is 0. The summed E-state index contributed by atoms with van der Waals surface area (Å²) in [4.78, 5) is 16.3. The smallest absolute Gasteiger partial charge is 0.225 e. The lowest BCUT2D eigenvalue weighted by Crippen LogP contribution is -2.43. The van der Waals surface area contributed by atoms with Crippen molar-refractivity contribution < 1.29 is 4.79 Å². The summed E-state index contributed by atoms with van der Waals surface area (Å²) in [6.07, 6.45) is 0. The van der Waals surface area contributed by atoms with Gasteiger partial charge in [0.1, 0.15) is 0 Å². The molecule has 0 bridgehead atoms. The number of nitrogens with one attached hydrogen (secondary N) is 3. The van der Waals surface area contributed by atoms with Crippen molar-refractivity contribution in [1.82, 2.24) is 16.0 Å². The zero-order valence-corrected chi connectivity index (χ0v) is 14.1. The monoisotopic (exact) mass is 304 g/mol. The fourth-order valence-corrected chi connectivity index (χ4v) is 1.72. The van der Waals surface area contributed by atoms with Gasteiger partial charge in [-0.2, -0.15) is 0 Å². The first-order chi connectivity index (χ1) is 10.4. The number of aliphatic imine (C=N–C) groups is 1. The van der Waals surface area contributed by atoms with Crippen LogP contribution in [0.15, 0.2) is 35.3 Å². The minimum absolute atomic E-state index is 0.0560. The van der Waals surface area contributed by atoms with Crippen LogP contribution in [0.3, 0.4) is 0 Å². The average molecular weight is 304 g/mol. The van der Waals surface area contributed by atoms with Crippen LogP contribution in [-0.2, 0) is 11.3 Å². The van der Waals surface area contributed by atoms with Gasteiger partial charge in [0.15, 0.2) is 5.96 Å². The molecule has 0 aliphatic rings. The van der Waals surface area contributed by atoms with Gasteiger partial charge in [-0.25, -0.2) is 4.99 Å². The van der Waals surface area contributed by atoms with Crippen molar-refractivity contribution in [2.45, 2.75) is 34.2 Å². The Morgan fingerprint density at radius 2 is 1.68 bits per heavy atom. The van der Waals surface area contributed by atoms with E-state index in [1.165, 1.54) is 5.56 Å². The molecule has 0 heterocycles. The minimum Gasteiger partial charge on any atom is -0.357 e. The highest BCUT2D eigenvalue weighted by Crippen LogP contribution is 2.11. The summed E-state index contributed by atoms with van der Waals surface area (Å²) in [6.45, 7) is 10.4. The van der Waals surface area contributed by atoms with Crippen molar-refractivity contribution in [3.05, 3.63) is 35.9 Å². The standard InChI is InChI=1S/C17H28N4O/c1-5-18-16(21-13-14-9-7-6-8-10-14)20-12-11-19-15(22)17(2,3)4/h6-10H,5,11-13H2,1-4H3,(H,19,22)(H2,18,20,21). The molecule has 0 saturated carbocycles. The van der Waals surface area contributed by atoms with Gasteiger partial charge >= 0.3 is 0 Å². The Morgan fingerprint density at radius 3 is 2.27 bits per heavy atom. The van der Waals surface area contributed by atoms with E-state index in [4.69, 9.17) is 0 Å². The highest BCUT2D eigenvalue weighted by molar-refractivity contribution is 5.81. The quantitative estimate of drug-likeness (QED) is 0.427. The second-order valence-corrected chi connectivity index (χ2v) is 6.11. The Bertz CT molecular complexity index is 477. The predicted molar refractivity (Wildman–Crippen MR) is 91.7 cm³/mol. The minimum atomic E-state index is -0.355. The maximum atomic E-state index is 11.8. The molecule has 1 rings (SSSR count). The summed E-state index contributed by atoms with van der Waals surface area (Å²) in [6, 6.07) is 10.1. The van der Waals surface area contributed by atoms with Crippen molar-refractivity contribution in [2.24, 2.45) is 10.4 Å². The first kappa shape index (κ1) is 18.0. The summed E-state index contributed by atoms with van der Waals surface area (Å²) >= 11 is 0.